The van der Waals surface area contributed by atoms with Gasteiger partial charge in [-0.2, -0.15) is 0 Å². The van der Waals surface area contributed by atoms with E-state index in [4.69, 9.17) is 27.6 Å². The summed E-state index contributed by atoms with van der Waals surface area (Å²) < 4.78 is 5.72. The summed E-state index contributed by atoms with van der Waals surface area (Å²) in [4.78, 5) is 18.9. The van der Waals surface area contributed by atoms with Crippen LogP contribution in [-0.4, -0.2) is 51.2 Å². The molecule has 3 aromatic rings. The van der Waals surface area contributed by atoms with Crippen LogP contribution in [0.3, 0.4) is 0 Å². The van der Waals surface area contributed by atoms with Crippen molar-refractivity contribution in [3.63, 3.8) is 0 Å². The maximum absolute atomic E-state index is 10.7. The molecule has 0 radical (unpaired) electrons. The van der Waals surface area contributed by atoms with Gasteiger partial charge >= 0.3 is 0 Å². The van der Waals surface area contributed by atoms with Crippen molar-refractivity contribution in [2.24, 2.45) is 0 Å². The summed E-state index contributed by atoms with van der Waals surface area (Å²) in [5.74, 6) is 1.56. The Labute approximate surface area is 176 Å². The van der Waals surface area contributed by atoms with Gasteiger partial charge in [0.1, 0.15) is 5.82 Å². The first kappa shape index (κ1) is 19.6. The average molecular weight is 435 g/mol. The molecule has 1 saturated heterocycles. The molecule has 9 nitrogen and oxygen atoms in total. The van der Waals surface area contributed by atoms with Crippen LogP contribution < -0.4 is 4.90 Å². The van der Waals surface area contributed by atoms with E-state index in [0.717, 1.165) is 32.0 Å². The number of piperazine rings is 1. The molecule has 150 valence electrons. The molecule has 3 heterocycles. The Morgan fingerprint density at radius 2 is 1.83 bits per heavy atom. The van der Waals surface area contributed by atoms with Crippen molar-refractivity contribution in [3.05, 3.63) is 62.6 Å². The van der Waals surface area contributed by atoms with Gasteiger partial charge in [0.25, 0.3) is 5.69 Å². The summed E-state index contributed by atoms with van der Waals surface area (Å²) in [5.41, 5.74) is 0.657. The van der Waals surface area contributed by atoms with E-state index in [-0.39, 0.29) is 5.69 Å². The van der Waals surface area contributed by atoms with E-state index in [1.807, 2.05) is 0 Å². The molecular formula is C18H16Cl2N6O3. The van der Waals surface area contributed by atoms with Crippen molar-refractivity contribution >= 4 is 34.7 Å². The van der Waals surface area contributed by atoms with E-state index < -0.39 is 4.92 Å². The molecule has 1 aromatic carbocycles. The molecule has 11 heteroatoms. The van der Waals surface area contributed by atoms with E-state index in [0.29, 0.717) is 33.9 Å². The summed E-state index contributed by atoms with van der Waals surface area (Å²) in [5, 5.41) is 19.9. The van der Waals surface area contributed by atoms with Crippen molar-refractivity contribution in [3.8, 4) is 11.5 Å². The lowest BCUT2D eigenvalue weighted by Crippen LogP contribution is -2.46. The minimum atomic E-state index is -0.449. The number of nitro benzene ring substituents is 1. The fourth-order valence-electron chi connectivity index (χ4n) is 3.11. The van der Waals surface area contributed by atoms with Crippen molar-refractivity contribution < 1.29 is 9.34 Å². The van der Waals surface area contributed by atoms with Gasteiger partial charge in [0.15, 0.2) is 0 Å². The highest BCUT2D eigenvalue weighted by Crippen LogP contribution is 2.27. The molecule has 0 aliphatic carbocycles. The average Bonchev–Trinajstić information content (AvgIpc) is 3.17. The Hall–Kier alpha value is -2.75. The first-order valence-electron chi connectivity index (χ1n) is 8.85. The molecule has 0 amide bonds. The van der Waals surface area contributed by atoms with E-state index in [1.54, 1.807) is 24.4 Å². The molecule has 4 rings (SSSR count). The third-order valence-electron chi connectivity index (χ3n) is 4.61. The van der Waals surface area contributed by atoms with Crippen LogP contribution >= 0.6 is 23.2 Å². The molecular weight excluding hydrogens is 419 g/mol. The van der Waals surface area contributed by atoms with Crippen LogP contribution in [0.4, 0.5) is 11.5 Å². The number of pyridine rings is 1. The highest BCUT2D eigenvalue weighted by atomic mass is 35.5. The van der Waals surface area contributed by atoms with Crippen LogP contribution in [0.1, 0.15) is 5.89 Å². The van der Waals surface area contributed by atoms with Gasteiger partial charge < -0.3 is 9.32 Å². The standard InChI is InChI=1S/C18H16Cl2N6O3/c19-13-9-15(20)17(21-10-13)25-7-5-24(6-8-25)11-16-22-23-18(29-16)12-1-3-14(4-2-12)26(27)28/h1-4,9-10H,5-8,11H2. The first-order valence-corrected chi connectivity index (χ1v) is 9.61. The maximum atomic E-state index is 10.7. The molecule has 29 heavy (non-hydrogen) atoms. The third kappa shape index (κ3) is 4.47. The van der Waals surface area contributed by atoms with Gasteiger partial charge in [-0.25, -0.2) is 4.98 Å². The number of aromatic nitrogens is 3. The molecule has 1 aliphatic rings. The zero-order valence-electron chi connectivity index (χ0n) is 15.2. The Balaban J connectivity index is 1.36. The predicted molar refractivity (Wildman–Crippen MR) is 108 cm³/mol. The van der Waals surface area contributed by atoms with E-state index in [2.05, 4.69) is 25.0 Å². The molecule has 0 bridgehead atoms. The lowest BCUT2D eigenvalue weighted by atomic mass is 10.2. The summed E-state index contributed by atoms with van der Waals surface area (Å²) in [7, 11) is 0. The summed E-state index contributed by atoms with van der Waals surface area (Å²) in [6, 6.07) is 7.70. The highest BCUT2D eigenvalue weighted by Gasteiger charge is 2.22. The molecule has 0 saturated carbocycles. The van der Waals surface area contributed by atoms with Gasteiger partial charge in [0, 0.05) is 50.1 Å². The van der Waals surface area contributed by atoms with Crippen molar-refractivity contribution in [2.45, 2.75) is 6.54 Å². The molecule has 0 unspecified atom stereocenters. The molecule has 0 atom stereocenters. The maximum Gasteiger partial charge on any atom is 0.269 e. The summed E-state index contributed by atoms with van der Waals surface area (Å²) in [6.07, 6.45) is 1.59. The van der Waals surface area contributed by atoms with Gasteiger partial charge in [-0.1, -0.05) is 23.2 Å². The number of hydrogen-bond acceptors (Lipinski definition) is 8. The number of rotatable bonds is 5. The second kappa shape index (κ2) is 8.32. The van der Waals surface area contributed by atoms with Gasteiger partial charge in [-0.3, -0.25) is 15.0 Å². The van der Waals surface area contributed by atoms with Crippen LogP contribution in [-0.2, 0) is 6.54 Å². The number of anilines is 1. The van der Waals surface area contributed by atoms with Crippen LogP contribution in [0, 0.1) is 10.1 Å². The van der Waals surface area contributed by atoms with Gasteiger partial charge in [0.2, 0.25) is 11.8 Å². The highest BCUT2D eigenvalue weighted by molar-refractivity contribution is 6.36. The largest absolute Gasteiger partial charge is 0.419 e. The molecule has 1 fully saturated rings. The Kier molecular flexibility index (Phi) is 5.61. The monoisotopic (exact) mass is 434 g/mol. The molecule has 2 aromatic heterocycles. The smallest absolute Gasteiger partial charge is 0.269 e. The predicted octanol–water partition coefficient (Wildman–Crippen LogP) is 3.67. The van der Waals surface area contributed by atoms with E-state index >= 15 is 0 Å². The van der Waals surface area contributed by atoms with Crippen molar-refractivity contribution in [2.75, 3.05) is 31.1 Å². The normalized spacial score (nSPS) is 14.9. The zero-order valence-corrected chi connectivity index (χ0v) is 16.7. The van der Waals surface area contributed by atoms with Crippen LogP contribution in [0.25, 0.3) is 11.5 Å². The van der Waals surface area contributed by atoms with E-state index in [9.17, 15) is 10.1 Å². The van der Waals surface area contributed by atoms with Crippen molar-refractivity contribution in [1.29, 1.82) is 0 Å². The van der Waals surface area contributed by atoms with Crippen LogP contribution in [0.15, 0.2) is 40.9 Å². The number of non-ortho nitro benzene ring substituents is 1. The number of hydrogen-bond donors (Lipinski definition) is 0. The second-order valence-electron chi connectivity index (χ2n) is 6.53. The lowest BCUT2D eigenvalue weighted by Gasteiger charge is -2.35. The van der Waals surface area contributed by atoms with Gasteiger partial charge in [-0.05, 0) is 18.2 Å². The molecule has 1 aliphatic heterocycles. The zero-order chi connectivity index (χ0) is 20.4. The van der Waals surface area contributed by atoms with Crippen LogP contribution in [0.5, 0.6) is 0 Å². The number of halogens is 2. The number of benzene rings is 1. The lowest BCUT2D eigenvalue weighted by molar-refractivity contribution is -0.384. The Bertz CT molecular complexity index is 1020. The SMILES string of the molecule is O=[N+]([O-])c1ccc(-c2nnc(CN3CCN(c4ncc(Cl)cc4Cl)CC3)o2)cc1. The Morgan fingerprint density at radius 1 is 1.10 bits per heavy atom. The first-order chi connectivity index (χ1) is 14.0. The van der Waals surface area contributed by atoms with Crippen molar-refractivity contribution in [1.82, 2.24) is 20.1 Å². The van der Waals surface area contributed by atoms with Crippen LogP contribution in [0.2, 0.25) is 10.0 Å². The summed E-state index contributed by atoms with van der Waals surface area (Å²) in [6.45, 7) is 3.62. The molecule has 0 spiro atoms. The summed E-state index contributed by atoms with van der Waals surface area (Å²) >= 11 is 12.2. The molecule has 0 N–H and O–H groups in total. The number of nitrogens with zero attached hydrogens (tertiary/aromatic N) is 6. The number of nitro groups is 1. The fourth-order valence-corrected chi connectivity index (χ4v) is 3.61. The minimum absolute atomic E-state index is 0.0154. The topological polar surface area (TPSA) is 101 Å². The Morgan fingerprint density at radius 3 is 2.48 bits per heavy atom. The van der Waals surface area contributed by atoms with Gasteiger partial charge in [-0.15, -0.1) is 10.2 Å². The fraction of sp³-hybridized carbons (Fsp3) is 0.278. The second-order valence-corrected chi connectivity index (χ2v) is 7.37. The van der Waals surface area contributed by atoms with Gasteiger partial charge in [0.05, 0.1) is 21.5 Å². The quantitative estimate of drug-likeness (QED) is 0.442. The third-order valence-corrected chi connectivity index (χ3v) is 5.10. The van der Waals surface area contributed by atoms with E-state index in [1.165, 1.54) is 12.1 Å². The minimum Gasteiger partial charge on any atom is -0.419 e.